The van der Waals surface area contributed by atoms with Gasteiger partial charge >= 0.3 is 0 Å². The van der Waals surface area contributed by atoms with Gasteiger partial charge in [-0.1, -0.05) is 24.3 Å². The number of carbonyl (C=O) groups excluding carboxylic acids is 1. The highest BCUT2D eigenvalue weighted by molar-refractivity contribution is 9.10. The maximum atomic E-state index is 12.4. The van der Waals surface area contributed by atoms with Crippen LogP contribution in [0, 0.1) is 20.8 Å². The van der Waals surface area contributed by atoms with E-state index in [4.69, 9.17) is 0 Å². The molecule has 0 aliphatic heterocycles. The van der Waals surface area contributed by atoms with Crippen molar-refractivity contribution in [3.8, 4) is 5.69 Å². The van der Waals surface area contributed by atoms with Crippen LogP contribution in [0.5, 0.6) is 0 Å². The van der Waals surface area contributed by atoms with Gasteiger partial charge in [-0.15, -0.1) is 0 Å². The SMILES string of the molecule is Cc1cccc(-n2c(C)cc(/C=N\NC(=O)CN(c3ccccc3Br)S(C)(=O)=O)c2C)c1. The minimum Gasteiger partial charge on any atom is -0.318 e. The monoisotopic (exact) mass is 516 g/mol. The van der Waals surface area contributed by atoms with Crippen molar-refractivity contribution >= 4 is 43.8 Å². The summed E-state index contributed by atoms with van der Waals surface area (Å²) in [5.74, 6) is -0.546. The van der Waals surface area contributed by atoms with Gasteiger partial charge in [0.1, 0.15) is 6.54 Å². The Morgan fingerprint density at radius 2 is 1.84 bits per heavy atom. The van der Waals surface area contributed by atoms with Gasteiger partial charge in [-0.3, -0.25) is 9.10 Å². The van der Waals surface area contributed by atoms with Crippen LogP contribution in [0.3, 0.4) is 0 Å². The molecular weight excluding hydrogens is 492 g/mol. The van der Waals surface area contributed by atoms with E-state index in [-0.39, 0.29) is 6.54 Å². The standard InChI is InChI=1S/C23H25BrN4O3S/c1-16-8-7-9-20(12-16)28-17(2)13-19(18(28)3)14-25-26-23(29)15-27(32(4,30)31)22-11-6-5-10-21(22)24/h5-14H,15H2,1-4H3,(H,26,29)/b25-14-. The maximum absolute atomic E-state index is 12.4. The van der Waals surface area contributed by atoms with Crippen molar-refractivity contribution in [1.82, 2.24) is 9.99 Å². The van der Waals surface area contributed by atoms with Crippen LogP contribution in [-0.2, 0) is 14.8 Å². The van der Waals surface area contributed by atoms with E-state index in [1.165, 1.54) is 0 Å². The molecule has 1 heterocycles. The van der Waals surface area contributed by atoms with E-state index >= 15 is 0 Å². The molecule has 1 amide bonds. The molecule has 0 unspecified atom stereocenters. The number of nitrogens with one attached hydrogen (secondary N) is 1. The molecule has 0 radical (unpaired) electrons. The van der Waals surface area contributed by atoms with E-state index < -0.39 is 15.9 Å². The largest absolute Gasteiger partial charge is 0.318 e. The molecule has 0 aliphatic rings. The molecule has 0 aliphatic carbocycles. The van der Waals surface area contributed by atoms with Crippen molar-refractivity contribution in [2.24, 2.45) is 5.10 Å². The average Bonchev–Trinajstić information content (AvgIpc) is 2.99. The molecule has 0 saturated heterocycles. The molecule has 0 fully saturated rings. The summed E-state index contributed by atoms with van der Waals surface area (Å²) >= 11 is 3.33. The Morgan fingerprint density at radius 1 is 1.12 bits per heavy atom. The Morgan fingerprint density at radius 3 is 2.50 bits per heavy atom. The third-order valence-corrected chi connectivity index (χ3v) is 6.73. The van der Waals surface area contributed by atoms with Crippen molar-refractivity contribution in [2.75, 3.05) is 17.1 Å². The first-order chi connectivity index (χ1) is 15.1. The number of nitrogens with zero attached hydrogens (tertiary/aromatic N) is 3. The van der Waals surface area contributed by atoms with E-state index in [9.17, 15) is 13.2 Å². The molecular formula is C23H25BrN4O3S. The van der Waals surface area contributed by atoms with Crippen molar-refractivity contribution in [1.29, 1.82) is 0 Å². The number of rotatable bonds is 7. The van der Waals surface area contributed by atoms with Gasteiger partial charge in [-0.25, -0.2) is 13.8 Å². The first kappa shape index (κ1) is 23.7. The van der Waals surface area contributed by atoms with E-state index in [0.29, 0.717) is 10.2 Å². The summed E-state index contributed by atoms with van der Waals surface area (Å²) in [4.78, 5) is 12.4. The van der Waals surface area contributed by atoms with Crippen LogP contribution in [0.1, 0.15) is 22.5 Å². The summed E-state index contributed by atoms with van der Waals surface area (Å²) in [6.07, 6.45) is 2.62. The van der Waals surface area contributed by atoms with Crippen LogP contribution in [0.25, 0.3) is 5.69 Å². The minimum absolute atomic E-state index is 0.385. The van der Waals surface area contributed by atoms with Crippen LogP contribution in [0.2, 0.25) is 0 Å². The van der Waals surface area contributed by atoms with Crippen molar-refractivity contribution in [2.45, 2.75) is 20.8 Å². The maximum Gasteiger partial charge on any atom is 0.260 e. The van der Waals surface area contributed by atoms with Gasteiger partial charge in [-0.05, 0) is 72.6 Å². The zero-order valence-electron chi connectivity index (χ0n) is 18.3. The molecule has 7 nitrogen and oxygen atoms in total. The molecule has 0 atom stereocenters. The Kier molecular flexibility index (Phi) is 7.20. The van der Waals surface area contributed by atoms with E-state index in [1.54, 1.807) is 30.5 Å². The third-order valence-electron chi connectivity index (χ3n) is 4.93. The van der Waals surface area contributed by atoms with Crippen LogP contribution >= 0.6 is 15.9 Å². The molecule has 0 saturated carbocycles. The summed E-state index contributed by atoms with van der Waals surface area (Å²) in [5.41, 5.74) is 7.91. The van der Waals surface area contributed by atoms with Crippen molar-refractivity contribution in [3.05, 3.63) is 81.6 Å². The number of halogens is 1. The number of hydrazone groups is 1. The molecule has 3 rings (SSSR count). The number of hydrogen-bond acceptors (Lipinski definition) is 4. The van der Waals surface area contributed by atoms with E-state index in [1.807, 2.05) is 45.0 Å². The van der Waals surface area contributed by atoms with Gasteiger partial charge in [0.15, 0.2) is 0 Å². The van der Waals surface area contributed by atoms with Gasteiger partial charge in [0.25, 0.3) is 5.91 Å². The second-order valence-corrected chi connectivity index (χ2v) is 10.3. The molecule has 2 aromatic carbocycles. The number of hydrogen-bond donors (Lipinski definition) is 1. The molecule has 3 aromatic rings. The summed E-state index contributed by atoms with van der Waals surface area (Å²) in [6.45, 7) is 5.65. The number of amides is 1. The van der Waals surface area contributed by atoms with Crippen molar-refractivity contribution in [3.63, 3.8) is 0 Å². The Labute approximate surface area is 196 Å². The lowest BCUT2D eigenvalue weighted by Gasteiger charge is -2.22. The third kappa shape index (κ3) is 5.46. The van der Waals surface area contributed by atoms with Gasteiger partial charge in [0.2, 0.25) is 10.0 Å². The van der Waals surface area contributed by atoms with Crippen LogP contribution in [0.4, 0.5) is 5.69 Å². The van der Waals surface area contributed by atoms with Gasteiger partial charge in [0.05, 0.1) is 18.2 Å². The molecule has 1 N–H and O–H groups in total. The quantitative estimate of drug-likeness (QED) is 0.379. The normalized spacial score (nSPS) is 11.7. The summed E-state index contributed by atoms with van der Waals surface area (Å²) in [7, 11) is -3.67. The number of para-hydroxylation sites is 1. The van der Waals surface area contributed by atoms with E-state index in [2.05, 4.69) is 37.1 Å². The summed E-state index contributed by atoms with van der Waals surface area (Å²) < 4.78 is 28.2. The number of aryl methyl sites for hydroxylation is 2. The number of sulfonamides is 1. The number of carbonyl (C=O) groups is 1. The summed E-state index contributed by atoms with van der Waals surface area (Å²) in [5, 5.41) is 4.05. The fraction of sp³-hybridized carbons (Fsp3) is 0.217. The first-order valence-electron chi connectivity index (χ1n) is 9.88. The lowest BCUT2D eigenvalue weighted by Crippen LogP contribution is -2.39. The van der Waals surface area contributed by atoms with Crippen LogP contribution < -0.4 is 9.73 Å². The van der Waals surface area contributed by atoms with Gasteiger partial charge < -0.3 is 4.57 Å². The molecule has 168 valence electrons. The van der Waals surface area contributed by atoms with Gasteiger partial charge in [-0.2, -0.15) is 5.10 Å². The smallest absolute Gasteiger partial charge is 0.260 e. The zero-order chi connectivity index (χ0) is 23.5. The zero-order valence-corrected chi connectivity index (χ0v) is 20.7. The number of aromatic nitrogens is 1. The molecule has 0 bridgehead atoms. The van der Waals surface area contributed by atoms with Crippen molar-refractivity contribution < 1.29 is 13.2 Å². The predicted molar refractivity (Wildman–Crippen MR) is 132 cm³/mol. The number of benzene rings is 2. The average molecular weight is 517 g/mol. The first-order valence-corrected chi connectivity index (χ1v) is 12.5. The highest BCUT2D eigenvalue weighted by Gasteiger charge is 2.22. The van der Waals surface area contributed by atoms with E-state index in [0.717, 1.165) is 38.8 Å². The summed E-state index contributed by atoms with van der Waals surface area (Å²) in [6, 6.07) is 17.0. The molecule has 0 spiro atoms. The molecule has 1 aromatic heterocycles. The predicted octanol–water partition coefficient (Wildman–Crippen LogP) is 4.08. The highest BCUT2D eigenvalue weighted by atomic mass is 79.9. The lowest BCUT2D eigenvalue weighted by atomic mass is 10.2. The Hall–Kier alpha value is -2.91. The van der Waals surface area contributed by atoms with Gasteiger partial charge in [0, 0.05) is 27.1 Å². The Bertz CT molecular complexity index is 1280. The lowest BCUT2D eigenvalue weighted by molar-refractivity contribution is -0.119. The number of anilines is 1. The molecule has 32 heavy (non-hydrogen) atoms. The fourth-order valence-corrected chi connectivity index (χ4v) is 4.94. The molecule has 9 heteroatoms. The highest BCUT2D eigenvalue weighted by Crippen LogP contribution is 2.27. The topological polar surface area (TPSA) is 83.8 Å². The van der Waals surface area contributed by atoms with Crippen LogP contribution in [-0.4, -0.2) is 37.9 Å². The second-order valence-electron chi connectivity index (χ2n) is 7.52. The minimum atomic E-state index is -3.67. The Balaban J connectivity index is 1.75. The fourth-order valence-electron chi connectivity index (χ4n) is 3.46. The second kappa shape index (κ2) is 9.70. The van der Waals surface area contributed by atoms with Crippen LogP contribution in [0.15, 0.2) is 64.2 Å².